The van der Waals surface area contributed by atoms with Gasteiger partial charge >= 0.3 is 0 Å². The van der Waals surface area contributed by atoms with Gasteiger partial charge in [0, 0.05) is 31.1 Å². The van der Waals surface area contributed by atoms with E-state index in [2.05, 4.69) is 29.2 Å². The number of nitrogens with zero attached hydrogens (tertiary/aromatic N) is 2. The predicted molar refractivity (Wildman–Crippen MR) is 60.6 cm³/mol. The molecule has 0 radical (unpaired) electrons. The first-order valence-electron chi connectivity index (χ1n) is 5.32. The Labute approximate surface area is 90.0 Å². The minimum atomic E-state index is 0.969. The van der Waals surface area contributed by atoms with E-state index in [-0.39, 0.29) is 0 Å². The molecule has 1 fully saturated rings. The van der Waals surface area contributed by atoms with Crippen LogP contribution in [-0.4, -0.2) is 30.0 Å². The van der Waals surface area contributed by atoms with E-state index in [1.165, 1.54) is 18.0 Å². The number of hydrogen-bond acceptors (Lipinski definition) is 3. The van der Waals surface area contributed by atoms with Crippen molar-refractivity contribution in [3.05, 3.63) is 16.6 Å². The van der Waals surface area contributed by atoms with Gasteiger partial charge < -0.3 is 4.90 Å². The smallest absolute Gasteiger partial charge is 0.0937 e. The lowest BCUT2D eigenvalue weighted by molar-refractivity contribution is 0.318. The molecule has 2 atom stereocenters. The molecule has 3 heteroatoms. The molecule has 0 aromatic carbocycles. The number of aromatic nitrogens is 1. The Morgan fingerprint density at radius 1 is 1.64 bits per heavy atom. The summed E-state index contributed by atoms with van der Waals surface area (Å²) in [7, 11) is 2.22. The van der Waals surface area contributed by atoms with Crippen LogP contribution in [0, 0.1) is 11.8 Å². The minimum Gasteiger partial charge on any atom is -0.306 e. The summed E-state index contributed by atoms with van der Waals surface area (Å²) in [6.45, 7) is 4.77. The zero-order valence-electron chi connectivity index (χ0n) is 8.94. The van der Waals surface area contributed by atoms with Gasteiger partial charge in [0.25, 0.3) is 0 Å². The van der Waals surface area contributed by atoms with Crippen LogP contribution in [-0.2, 0) is 6.42 Å². The van der Waals surface area contributed by atoms with Gasteiger partial charge in [-0.25, -0.2) is 4.98 Å². The molecule has 0 N–H and O–H groups in total. The van der Waals surface area contributed by atoms with Gasteiger partial charge in [-0.1, -0.05) is 6.92 Å². The Hall–Kier alpha value is -0.410. The van der Waals surface area contributed by atoms with E-state index in [1.807, 2.05) is 6.20 Å². The van der Waals surface area contributed by atoms with Crippen molar-refractivity contribution < 1.29 is 0 Å². The van der Waals surface area contributed by atoms with E-state index in [1.54, 1.807) is 11.3 Å². The zero-order valence-corrected chi connectivity index (χ0v) is 9.76. The molecule has 1 aliphatic rings. The summed E-state index contributed by atoms with van der Waals surface area (Å²) in [5.74, 6) is 1.94. The Kier molecular flexibility index (Phi) is 3.19. The van der Waals surface area contributed by atoms with E-state index in [9.17, 15) is 0 Å². The van der Waals surface area contributed by atoms with Gasteiger partial charge in [-0.15, -0.1) is 11.3 Å². The number of rotatable bonds is 5. The maximum atomic E-state index is 4.29. The zero-order chi connectivity index (χ0) is 9.97. The molecule has 0 saturated heterocycles. The standard InChI is InChI=1S/C11H18N2S/c1-9-7-10(9)8-13(2)5-3-11-12-4-6-14-11/h4,6,9-10H,3,5,7-8H2,1-2H3. The van der Waals surface area contributed by atoms with Crippen molar-refractivity contribution in [2.45, 2.75) is 19.8 Å². The quantitative estimate of drug-likeness (QED) is 0.741. The lowest BCUT2D eigenvalue weighted by Gasteiger charge is -2.15. The molecular weight excluding hydrogens is 192 g/mol. The average Bonchev–Trinajstić information content (AvgIpc) is 2.71. The first kappa shape index (κ1) is 10.1. The molecule has 1 aromatic heterocycles. The van der Waals surface area contributed by atoms with Crippen LogP contribution in [0.3, 0.4) is 0 Å². The van der Waals surface area contributed by atoms with Gasteiger partial charge in [0.2, 0.25) is 0 Å². The summed E-state index contributed by atoms with van der Waals surface area (Å²) in [6, 6.07) is 0. The topological polar surface area (TPSA) is 16.1 Å². The highest BCUT2D eigenvalue weighted by Crippen LogP contribution is 2.37. The monoisotopic (exact) mass is 210 g/mol. The molecule has 1 heterocycles. The summed E-state index contributed by atoms with van der Waals surface area (Å²) in [6.07, 6.45) is 4.43. The fraction of sp³-hybridized carbons (Fsp3) is 0.727. The lowest BCUT2D eigenvalue weighted by atomic mass is 10.3. The molecule has 2 rings (SSSR count). The normalized spacial score (nSPS) is 25.6. The third-order valence-electron chi connectivity index (χ3n) is 3.01. The van der Waals surface area contributed by atoms with Crippen LogP contribution >= 0.6 is 11.3 Å². The molecule has 0 bridgehead atoms. The first-order valence-corrected chi connectivity index (χ1v) is 6.20. The van der Waals surface area contributed by atoms with Crippen LogP contribution in [0.5, 0.6) is 0 Å². The van der Waals surface area contributed by atoms with Crippen LogP contribution in [0.15, 0.2) is 11.6 Å². The van der Waals surface area contributed by atoms with E-state index in [0.717, 1.165) is 24.8 Å². The van der Waals surface area contributed by atoms with E-state index >= 15 is 0 Å². The van der Waals surface area contributed by atoms with Crippen molar-refractivity contribution >= 4 is 11.3 Å². The first-order chi connectivity index (χ1) is 6.75. The molecule has 1 saturated carbocycles. The summed E-state index contributed by atoms with van der Waals surface area (Å²) in [5.41, 5.74) is 0. The van der Waals surface area contributed by atoms with Crippen LogP contribution < -0.4 is 0 Å². The molecule has 14 heavy (non-hydrogen) atoms. The maximum absolute atomic E-state index is 4.29. The van der Waals surface area contributed by atoms with Crippen LogP contribution in [0.25, 0.3) is 0 Å². The molecule has 2 unspecified atom stereocenters. The Morgan fingerprint density at radius 2 is 2.43 bits per heavy atom. The molecule has 78 valence electrons. The van der Waals surface area contributed by atoms with Crippen LogP contribution in [0.2, 0.25) is 0 Å². The fourth-order valence-corrected chi connectivity index (χ4v) is 2.42. The fourth-order valence-electron chi connectivity index (χ4n) is 1.81. The summed E-state index contributed by atoms with van der Waals surface area (Å²) in [4.78, 5) is 6.73. The van der Waals surface area contributed by atoms with Crippen molar-refractivity contribution in [3.8, 4) is 0 Å². The van der Waals surface area contributed by atoms with E-state index < -0.39 is 0 Å². The van der Waals surface area contributed by atoms with Gasteiger partial charge in [-0.2, -0.15) is 0 Å². The highest BCUT2D eigenvalue weighted by molar-refractivity contribution is 7.09. The molecule has 1 aromatic rings. The molecule has 1 aliphatic carbocycles. The minimum absolute atomic E-state index is 0.969. The second kappa shape index (κ2) is 4.41. The highest BCUT2D eigenvalue weighted by atomic mass is 32.1. The molecular formula is C11H18N2S. The SMILES string of the molecule is CC1CC1CN(C)CCc1nccs1. The summed E-state index contributed by atoms with van der Waals surface area (Å²) < 4.78 is 0. The third kappa shape index (κ3) is 2.79. The molecule has 0 amide bonds. The van der Waals surface area contributed by atoms with Crippen molar-refractivity contribution in [2.24, 2.45) is 11.8 Å². The van der Waals surface area contributed by atoms with Crippen molar-refractivity contribution in [2.75, 3.05) is 20.1 Å². The average molecular weight is 210 g/mol. The van der Waals surface area contributed by atoms with E-state index in [0.29, 0.717) is 0 Å². The van der Waals surface area contributed by atoms with Gasteiger partial charge in [0.15, 0.2) is 0 Å². The number of hydrogen-bond donors (Lipinski definition) is 0. The second-order valence-electron chi connectivity index (χ2n) is 4.41. The summed E-state index contributed by atoms with van der Waals surface area (Å²) in [5, 5.41) is 3.32. The van der Waals surface area contributed by atoms with Gasteiger partial charge in [0.1, 0.15) is 0 Å². The molecule has 0 spiro atoms. The molecule has 2 nitrogen and oxygen atoms in total. The largest absolute Gasteiger partial charge is 0.306 e. The Bertz CT molecular complexity index is 271. The van der Waals surface area contributed by atoms with Gasteiger partial charge in [0.05, 0.1) is 5.01 Å². The van der Waals surface area contributed by atoms with Gasteiger partial charge in [-0.05, 0) is 25.3 Å². The third-order valence-corrected chi connectivity index (χ3v) is 3.85. The maximum Gasteiger partial charge on any atom is 0.0937 e. The van der Waals surface area contributed by atoms with Crippen molar-refractivity contribution in [1.29, 1.82) is 0 Å². The Morgan fingerprint density at radius 3 is 3.00 bits per heavy atom. The lowest BCUT2D eigenvalue weighted by Crippen LogP contribution is -2.23. The summed E-state index contributed by atoms with van der Waals surface area (Å²) >= 11 is 1.76. The number of likely N-dealkylation sites (N-methyl/N-ethyl adjacent to an activating group) is 1. The van der Waals surface area contributed by atoms with E-state index in [4.69, 9.17) is 0 Å². The molecule has 0 aliphatic heterocycles. The highest BCUT2D eigenvalue weighted by Gasteiger charge is 2.32. The van der Waals surface area contributed by atoms with Crippen molar-refractivity contribution in [3.63, 3.8) is 0 Å². The number of thiazole rings is 1. The van der Waals surface area contributed by atoms with Crippen molar-refractivity contribution in [1.82, 2.24) is 9.88 Å². The second-order valence-corrected chi connectivity index (χ2v) is 5.39. The van der Waals surface area contributed by atoms with Crippen LogP contribution in [0.4, 0.5) is 0 Å². The van der Waals surface area contributed by atoms with Gasteiger partial charge in [-0.3, -0.25) is 0 Å². The van der Waals surface area contributed by atoms with Crippen LogP contribution in [0.1, 0.15) is 18.4 Å². The Balaban J connectivity index is 1.65. The predicted octanol–water partition coefficient (Wildman–Crippen LogP) is 2.27.